The van der Waals surface area contributed by atoms with Gasteiger partial charge in [-0.05, 0) is 24.6 Å². The van der Waals surface area contributed by atoms with Crippen LogP contribution in [0.25, 0.3) is 10.9 Å². The monoisotopic (exact) mass is 189 g/mol. The first-order valence-corrected chi connectivity index (χ1v) is 4.32. The van der Waals surface area contributed by atoms with Crippen LogP contribution in [0.4, 0.5) is 5.95 Å². The first-order valence-electron chi connectivity index (χ1n) is 4.32. The van der Waals surface area contributed by atoms with Gasteiger partial charge < -0.3 is 5.73 Å². The van der Waals surface area contributed by atoms with Crippen LogP contribution in [0.2, 0.25) is 0 Å². The highest BCUT2D eigenvalue weighted by molar-refractivity contribution is 5.79. The van der Waals surface area contributed by atoms with Gasteiger partial charge >= 0.3 is 0 Å². The second kappa shape index (κ2) is 2.83. The predicted octanol–water partition coefficient (Wildman–Crippen LogP) is 0.824. The summed E-state index contributed by atoms with van der Waals surface area (Å²) in [4.78, 5) is 15.8. The summed E-state index contributed by atoms with van der Waals surface area (Å²) in [5.41, 5.74) is 7.21. The summed E-state index contributed by atoms with van der Waals surface area (Å²) < 4.78 is 1.34. The number of hydrogen-bond acceptors (Lipinski definition) is 3. The Balaban J connectivity index is 2.98. The van der Waals surface area contributed by atoms with E-state index < -0.39 is 0 Å². The maximum absolute atomic E-state index is 11.7. The second-order valence-corrected chi connectivity index (χ2v) is 3.35. The first kappa shape index (κ1) is 8.74. The number of nitrogen functional groups attached to an aromatic ring is 1. The molecule has 72 valence electrons. The van der Waals surface area contributed by atoms with E-state index in [0.717, 1.165) is 5.56 Å². The highest BCUT2D eigenvalue weighted by Crippen LogP contribution is 2.10. The van der Waals surface area contributed by atoms with Gasteiger partial charge in [0, 0.05) is 7.05 Å². The fourth-order valence-electron chi connectivity index (χ4n) is 1.40. The zero-order valence-corrected chi connectivity index (χ0v) is 8.11. The summed E-state index contributed by atoms with van der Waals surface area (Å²) in [6.07, 6.45) is 0. The molecule has 1 aromatic carbocycles. The van der Waals surface area contributed by atoms with Gasteiger partial charge in [0.05, 0.1) is 10.9 Å². The van der Waals surface area contributed by atoms with Crippen LogP contribution in [-0.2, 0) is 7.05 Å². The fourth-order valence-corrected chi connectivity index (χ4v) is 1.40. The molecule has 0 amide bonds. The van der Waals surface area contributed by atoms with E-state index in [1.54, 1.807) is 13.1 Å². The lowest BCUT2D eigenvalue weighted by atomic mass is 10.2. The Hall–Kier alpha value is -1.84. The third-order valence-electron chi connectivity index (χ3n) is 2.27. The molecule has 0 bridgehead atoms. The molecule has 0 aliphatic heterocycles. The van der Waals surface area contributed by atoms with Crippen LogP contribution in [0, 0.1) is 6.92 Å². The number of aromatic nitrogens is 2. The smallest absolute Gasteiger partial charge is 0.262 e. The van der Waals surface area contributed by atoms with Gasteiger partial charge in [0.1, 0.15) is 0 Å². The van der Waals surface area contributed by atoms with Crippen LogP contribution in [0.3, 0.4) is 0 Å². The minimum absolute atomic E-state index is 0.104. The second-order valence-electron chi connectivity index (χ2n) is 3.35. The van der Waals surface area contributed by atoms with Crippen molar-refractivity contribution in [2.24, 2.45) is 7.05 Å². The molecule has 2 aromatic rings. The highest BCUT2D eigenvalue weighted by atomic mass is 16.1. The van der Waals surface area contributed by atoms with Gasteiger partial charge in [-0.3, -0.25) is 9.36 Å². The minimum Gasteiger partial charge on any atom is -0.369 e. The van der Waals surface area contributed by atoms with Gasteiger partial charge in [-0.25, -0.2) is 4.98 Å². The van der Waals surface area contributed by atoms with Crippen LogP contribution in [0.15, 0.2) is 23.0 Å². The molecule has 0 saturated carbocycles. The molecule has 0 saturated heterocycles. The average molecular weight is 189 g/mol. The maximum atomic E-state index is 11.7. The molecule has 0 fully saturated rings. The van der Waals surface area contributed by atoms with Gasteiger partial charge in [0.25, 0.3) is 5.56 Å². The van der Waals surface area contributed by atoms with Crippen molar-refractivity contribution in [2.45, 2.75) is 6.92 Å². The molecule has 4 heteroatoms. The van der Waals surface area contributed by atoms with E-state index in [0.29, 0.717) is 10.9 Å². The van der Waals surface area contributed by atoms with E-state index in [2.05, 4.69) is 4.98 Å². The Morgan fingerprint density at radius 3 is 2.86 bits per heavy atom. The van der Waals surface area contributed by atoms with E-state index in [1.165, 1.54) is 4.57 Å². The van der Waals surface area contributed by atoms with Crippen molar-refractivity contribution in [3.8, 4) is 0 Å². The van der Waals surface area contributed by atoms with E-state index in [4.69, 9.17) is 5.73 Å². The lowest BCUT2D eigenvalue weighted by Gasteiger charge is -2.04. The molecule has 1 heterocycles. The standard InChI is InChI=1S/C10H11N3O/c1-6-3-4-7-8(5-6)12-10(11)13(2)9(7)14/h3-5H,1-2H3,(H2,11,12). The molecule has 2 rings (SSSR count). The summed E-state index contributed by atoms with van der Waals surface area (Å²) in [6.45, 7) is 1.95. The molecule has 2 N–H and O–H groups in total. The zero-order valence-electron chi connectivity index (χ0n) is 8.11. The predicted molar refractivity (Wildman–Crippen MR) is 56.1 cm³/mol. The molecule has 0 radical (unpaired) electrons. The van der Waals surface area contributed by atoms with Gasteiger partial charge in [0.2, 0.25) is 5.95 Å². The molecular weight excluding hydrogens is 178 g/mol. The number of rotatable bonds is 0. The van der Waals surface area contributed by atoms with E-state index >= 15 is 0 Å². The van der Waals surface area contributed by atoms with Crippen LogP contribution in [-0.4, -0.2) is 9.55 Å². The third-order valence-corrected chi connectivity index (χ3v) is 2.27. The van der Waals surface area contributed by atoms with Crippen molar-refractivity contribution in [2.75, 3.05) is 5.73 Å². The average Bonchev–Trinajstić information content (AvgIpc) is 2.14. The number of fused-ring (bicyclic) bond motifs is 1. The number of aryl methyl sites for hydroxylation is 1. The summed E-state index contributed by atoms with van der Waals surface area (Å²) in [7, 11) is 1.62. The topological polar surface area (TPSA) is 60.9 Å². The largest absolute Gasteiger partial charge is 0.369 e. The fraction of sp³-hybridized carbons (Fsp3) is 0.200. The van der Waals surface area contributed by atoms with Crippen molar-refractivity contribution < 1.29 is 0 Å². The molecule has 0 aliphatic rings. The molecule has 0 aliphatic carbocycles. The molecule has 4 nitrogen and oxygen atoms in total. The quantitative estimate of drug-likeness (QED) is 0.667. The first-order chi connectivity index (χ1) is 6.59. The third kappa shape index (κ3) is 1.16. The SMILES string of the molecule is Cc1ccc2c(=O)n(C)c(N)nc2c1. The van der Waals surface area contributed by atoms with Gasteiger partial charge in [-0.2, -0.15) is 0 Å². The number of nitrogens with two attached hydrogens (primary N) is 1. The summed E-state index contributed by atoms with van der Waals surface area (Å²) in [6, 6.07) is 5.52. The van der Waals surface area contributed by atoms with E-state index in [1.807, 2.05) is 19.1 Å². The Kier molecular flexibility index (Phi) is 1.77. The van der Waals surface area contributed by atoms with E-state index in [9.17, 15) is 4.79 Å². The number of hydrogen-bond donors (Lipinski definition) is 1. The van der Waals surface area contributed by atoms with Gasteiger partial charge in [0.15, 0.2) is 0 Å². The van der Waals surface area contributed by atoms with Crippen LogP contribution < -0.4 is 11.3 Å². The van der Waals surface area contributed by atoms with Crippen molar-refractivity contribution in [3.63, 3.8) is 0 Å². The minimum atomic E-state index is -0.104. The summed E-state index contributed by atoms with van der Waals surface area (Å²) in [5.74, 6) is 0.244. The lowest BCUT2D eigenvalue weighted by molar-refractivity contribution is 0.861. The zero-order chi connectivity index (χ0) is 10.3. The Bertz CT molecular complexity index is 557. The summed E-state index contributed by atoms with van der Waals surface area (Å²) >= 11 is 0. The van der Waals surface area contributed by atoms with Gasteiger partial charge in [-0.1, -0.05) is 6.07 Å². The van der Waals surface area contributed by atoms with Crippen molar-refractivity contribution >= 4 is 16.9 Å². The molecule has 0 unspecified atom stereocenters. The summed E-state index contributed by atoms with van der Waals surface area (Å²) in [5, 5.41) is 0.604. The molecule has 0 spiro atoms. The Labute approximate surface area is 81.0 Å². The number of benzene rings is 1. The molecule has 1 aromatic heterocycles. The van der Waals surface area contributed by atoms with Crippen LogP contribution >= 0.6 is 0 Å². The van der Waals surface area contributed by atoms with Crippen molar-refractivity contribution in [1.29, 1.82) is 0 Å². The normalized spacial score (nSPS) is 10.7. The molecule has 14 heavy (non-hydrogen) atoms. The maximum Gasteiger partial charge on any atom is 0.262 e. The number of anilines is 1. The highest BCUT2D eigenvalue weighted by Gasteiger charge is 2.04. The van der Waals surface area contributed by atoms with Crippen LogP contribution in [0.5, 0.6) is 0 Å². The number of nitrogens with zero attached hydrogens (tertiary/aromatic N) is 2. The Morgan fingerprint density at radius 1 is 1.43 bits per heavy atom. The van der Waals surface area contributed by atoms with Crippen molar-refractivity contribution in [1.82, 2.24) is 9.55 Å². The lowest BCUT2D eigenvalue weighted by Crippen LogP contribution is -2.21. The van der Waals surface area contributed by atoms with Crippen molar-refractivity contribution in [3.05, 3.63) is 34.1 Å². The Morgan fingerprint density at radius 2 is 2.14 bits per heavy atom. The molecule has 0 atom stereocenters. The van der Waals surface area contributed by atoms with Gasteiger partial charge in [-0.15, -0.1) is 0 Å². The van der Waals surface area contributed by atoms with E-state index in [-0.39, 0.29) is 11.5 Å². The van der Waals surface area contributed by atoms with Crippen LogP contribution in [0.1, 0.15) is 5.56 Å². The molecular formula is C10H11N3O.